The Balaban J connectivity index is 1.94. The van der Waals surface area contributed by atoms with Crippen LogP contribution in [0.2, 0.25) is 0 Å². The van der Waals surface area contributed by atoms with Crippen LogP contribution < -0.4 is 5.32 Å². The van der Waals surface area contributed by atoms with Gasteiger partial charge >= 0.3 is 5.97 Å². The number of carbonyl (C=O) groups is 2. The highest BCUT2D eigenvalue weighted by molar-refractivity contribution is 5.99. The van der Waals surface area contributed by atoms with Gasteiger partial charge in [-0.3, -0.25) is 4.79 Å². The van der Waals surface area contributed by atoms with E-state index in [9.17, 15) is 14.7 Å². The number of amides is 1. The fourth-order valence-electron chi connectivity index (χ4n) is 2.79. The molecule has 0 atom stereocenters. The molecule has 0 spiro atoms. The van der Waals surface area contributed by atoms with Gasteiger partial charge in [0.25, 0.3) is 0 Å². The summed E-state index contributed by atoms with van der Waals surface area (Å²) in [5, 5.41) is 21.5. The zero-order valence-electron chi connectivity index (χ0n) is 13.8. The number of carbonyl (C=O) groups excluding carboxylic acids is 1. The maximum absolute atomic E-state index is 13.0. The standard InChI is InChI=1S/C21H17NO4/c23-18-12-11-16(13-17(18)21(25)26)22-20(24)19(14-7-3-1-4-8-14)15-9-5-2-6-10-15/h1-13,19,23H,(H,22,24)(H,25,26). The van der Waals surface area contributed by atoms with E-state index in [2.05, 4.69) is 5.32 Å². The average Bonchev–Trinajstić information content (AvgIpc) is 2.65. The Hall–Kier alpha value is -3.60. The van der Waals surface area contributed by atoms with Crippen molar-refractivity contribution < 1.29 is 19.8 Å². The van der Waals surface area contributed by atoms with Gasteiger partial charge in [0, 0.05) is 5.69 Å². The third kappa shape index (κ3) is 3.72. The number of rotatable bonds is 5. The Kier molecular flexibility index (Phi) is 4.99. The summed E-state index contributed by atoms with van der Waals surface area (Å²) in [6, 6.07) is 22.6. The first-order valence-corrected chi connectivity index (χ1v) is 8.03. The van der Waals surface area contributed by atoms with Gasteiger partial charge in [-0.25, -0.2) is 4.79 Å². The predicted octanol–water partition coefficient (Wildman–Crippen LogP) is 3.86. The van der Waals surface area contributed by atoms with Crippen molar-refractivity contribution >= 4 is 17.6 Å². The van der Waals surface area contributed by atoms with E-state index in [0.29, 0.717) is 5.69 Å². The molecule has 1 amide bonds. The fourth-order valence-corrected chi connectivity index (χ4v) is 2.79. The van der Waals surface area contributed by atoms with Crippen LogP contribution in [0.1, 0.15) is 27.4 Å². The van der Waals surface area contributed by atoms with Crippen LogP contribution in [0.5, 0.6) is 5.75 Å². The van der Waals surface area contributed by atoms with Crippen molar-refractivity contribution in [1.29, 1.82) is 0 Å². The molecule has 5 nitrogen and oxygen atoms in total. The van der Waals surface area contributed by atoms with E-state index in [1.807, 2.05) is 60.7 Å². The van der Waals surface area contributed by atoms with Gasteiger partial charge in [0.1, 0.15) is 11.3 Å². The van der Waals surface area contributed by atoms with E-state index in [1.165, 1.54) is 18.2 Å². The molecule has 0 radical (unpaired) electrons. The smallest absolute Gasteiger partial charge is 0.339 e. The van der Waals surface area contributed by atoms with Crippen molar-refractivity contribution in [2.75, 3.05) is 5.32 Å². The Labute approximate surface area is 150 Å². The third-order valence-corrected chi connectivity index (χ3v) is 4.02. The number of phenols is 1. The molecular weight excluding hydrogens is 330 g/mol. The molecule has 0 aliphatic heterocycles. The number of hydrogen-bond donors (Lipinski definition) is 3. The lowest BCUT2D eigenvalue weighted by molar-refractivity contribution is -0.116. The van der Waals surface area contributed by atoms with E-state index < -0.39 is 11.9 Å². The van der Waals surface area contributed by atoms with Crippen LogP contribution in [0.15, 0.2) is 78.9 Å². The van der Waals surface area contributed by atoms with E-state index in [4.69, 9.17) is 5.11 Å². The lowest BCUT2D eigenvalue weighted by atomic mass is 9.90. The molecule has 0 unspecified atom stereocenters. The molecule has 3 aromatic carbocycles. The molecule has 26 heavy (non-hydrogen) atoms. The molecule has 0 aliphatic carbocycles. The average molecular weight is 347 g/mol. The van der Waals surface area contributed by atoms with Crippen molar-refractivity contribution in [1.82, 2.24) is 0 Å². The van der Waals surface area contributed by atoms with Crippen LogP contribution >= 0.6 is 0 Å². The monoisotopic (exact) mass is 347 g/mol. The first-order chi connectivity index (χ1) is 12.6. The zero-order chi connectivity index (χ0) is 18.5. The van der Waals surface area contributed by atoms with Gasteiger partial charge in [0.2, 0.25) is 5.91 Å². The molecule has 3 rings (SSSR count). The molecule has 0 fully saturated rings. The van der Waals surface area contributed by atoms with Gasteiger partial charge in [-0.05, 0) is 29.3 Å². The number of carboxylic acids is 1. The van der Waals surface area contributed by atoms with Gasteiger partial charge in [-0.15, -0.1) is 0 Å². The van der Waals surface area contributed by atoms with Gasteiger partial charge in [-0.2, -0.15) is 0 Å². The van der Waals surface area contributed by atoms with Crippen LogP contribution in [0.4, 0.5) is 5.69 Å². The number of nitrogens with one attached hydrogen (secondary N) is 1. The number of carboxylic acid groups (broad SMARTS) is 1. The molecule has 5 heteroatoms. The summed E-state index contributed by atoms with van der Waals surface area (Å²) in [5.74, 6) is -2.44. The minimum Gasteiger partial charge on any atom is -0.507 e. The maximum atomic E-state index is 13.0. The van der Waals surface area contributed by atoms with Crippen LogP contribution in [-0.2, 0) is 4.79 Å². The lowest BCUT2D eigenvalue weighted by Crippen LogP contribution is -2.22. The van der Waals surface area contributed by atoms with E-state index in [0.717, 1.165) is 11.1 Å². The minimum atomic E-state index is -1.26. The molecule has 0 bridgehead atoms. The molecule has 0 heterocycles. The van der Waals surface area contributed by atoms with Gasteiger partial charge in [-0.1, -0.05) is 60.7 Å². The predicted molar refractivity (Wildman–Crippen MR) is 98.4 cm³/mol. The molecule has 130 valence electrons. The van der Waals surface area contributed by atoms with E-state index in [1.54, 1.807) is 0 Å². The van der Waals surface area contributed by atoms with E-state index >= 15 is 0 Å². The van der Waals surface area contributed by atoms with Gasteiger partial charge in [0.05, 0.1) is 5.92 Å². The Morgan fingerprint density at radius 1 is 0.808 bits per heavy atom. The summed E-state index contributed by atoms with van der Waals surface area (Å²) >= 11 is 0. The molecule has 0 aliphatic rings. The quantitative estimate of drug-likeness (QED) is 0.612. The summed E-state index contributed by atoms with van der Waals surface area (Å²) in [6.45, 7) is 0. The fraction of sp³-hybridized carbons (Fsp3) is 0.0476. The number of benzene rings is 3. The van der Waals surface area contributed by atoms with Crippen molar-refractivity contribution in [3.05, 3.63) is 95.6 Å². The van der Waals surface area contributed by atoms with Crippen LogP contribution in [0, 0.1) is 0 Å². The molecular formula is C21H17NO4. The second-order valence-electron chi connectivity index (χ2n) is 5.78. The Bertz CT molecular complexity index is 884. The van der Waals surface area contributed by atoms with Crippen LogP contribution in [0.25, 0.3) is 0 Å². The number of aromatic carboxylic acids is 1. The minimum absolute atomic E-state index is 0.265. The highest BCUT2D eigenvalue weighted by atomic mass is 16.4. The molecule has 3 aromatic rings. The first kappa shape index (κ1) is 17.2. The normalized spacial score (nSPS) is 10.5. The largest absolute Gasteiger partial charge is 0.507 e. The van der Waals surface area contributed by atoms with E-state index in [-0.39, 0.29) is 17.2 Å². The summed E-state index contributed by atoms with van der Waals surface area (Å²) in [6.07, 6.45) is 0. The Morgan fingerprint density at radius 2 is 1.35 bits per heavy atom. The number of hydrogen-bond acceptors (Lipinski definition) is 3. The van der Waals surface area contributed by atoms with Crippen molar-refractivity contribution in [3.8, 4) is 5.75 Å². The summed E-state index contributed by atoms with van der Waals surface area (Å²) in [4.78, 5) is 24.1. The molecule has 0 saturated carbocycles. The molecule has 0 saturated heterocycles. The van der Waals surface area contributed by atoms with Crippen molar-refractivity contribution in [2.45, 2.75) is 5.92 Å². The van der Waals surface area contributed by atoms with Crippen LogP contribution in [-0.4, -0.2) is 22.1 Å². The lowest BCUT2D eigenvalue weighted by Gasteiger charge is -2.18. The van der Waals surface area contributed by atoms with Crippen LogP contribution in [0.3, 0.4) is 0 Å². The summed E-state index contributed by atoms with van der Waals surface area (Å²) in [7, 11) is 0. The number of aromatic hydroxyl groups is 1. The maximum Gasteiger partial charge on any atom is 0.339 e. The van der Waals surface area contributed by atoms with Crippen molar-refractivity contribution in [3.63, 3.8) is 0 Å². The molecule has 0 aromatic heterocycles. The highest BCUT2D eigenvalue weighted by Crippen LogP contribution is 2.27. The first-order valence-electron chi connectivity index (χ1n) is 8.03. The second kappa shape index (κ2) is 7.53. The van der Waals surface area contributed by atoms with Gasteiger partial charge < -0.3 is 15.5 Å². The highest BCUT2D eigenvalue weighted by Gasteiger charge is 2.23. The molecule has 3 N–H and O–H groups in total. The number of anilines is 1. The summed E-state index contributed by atoms with van der Waals surface area (Å²) in [5.41, 5.74) is 1.70. The SMILES string of the molecule is O=C(O)c1cc(NC(=O)C(c2ccccc2)c2ccccc2)ccc1O. The van der Waals surface area contributed by atoms with Crippen molar-refractivity contribution in [2.24, 2.45) is 0 Å². The Morgan fingerprint density at radius 3 is 1.85 bits per heavy atom. The van der Waals surface area contributed by atoms with Gasteiger partial charge in [0.15, 0.2) is 0 Å². The zero-order valence-corrected chi connectivity index (χ0v) is 13.8. The second-order valence-corrected chi connectivity index (χ2v) is 5.78. The topological polar surface area (TPSA) is 86.6 Å². The summed E-state index contributed by atoms with van der Waals surface area (Å²) < 4.78 is 0. The third-order valence-electron chi connectivity index (χ3n) is 4.02.